The number of aliphatic hydroxyl groups is 1. The van der Waals surface area contributed by atoms with E-state index in [1.54, 1.807) is 0 Å². The number of aliphatic carboxylic acids is 2. The highest BCUT2D eigenvalue weighted by molar-refractivity contribution is 5.94. The van der Waals surface area contributed by atoms with E-state index >= 15 is 0 Å². The van der Waals surface area contributed by atoms with E-state index in [2.05, 4.69) is 20.9 Å². The average molecular weight is 505 g/mol. The minimum Gasteiger partial charge on any atom is -0.481 e. The van der Waals surface area contributed by atoms with Crippen LogP contribution in [0.15, 0.2) is 4.99 Å². The molecule has 3 amide bonds. The molecule has 0 bridgehead atoms. The molecule has 0 aliphatic carbocycles. The zero-order valence-electron chi connectivity index (χ0n) is 19.3. The van der Waals surface area contributed by atoms with Crippen LogP contribution in [0.4, 0.5) is 0 Å². The van der Waals surface area contributed by atoms with E-state index in [9.17, 15) is 34.2 Å². The summed E-state index contributed by atoms with van der Waals surface area (Å²) in [5.41, 5.74) is 21.3. The fraction of sp³-hybridized carbons (Fsp3) is 0.684. The highest BCUT2D eigenvalue weighted by Crippen LogP contribution is 2.04. The van der Waals surface area contributed by atoms with Crippen LogP contribution in [0.5, 0.6) is 0 Å². The topological polar surface area (TPSA) is 299 Å². The van der Waals surface area contributed by atoms with Crippen LogP contribution in [0.1, 0.15) is 38.5 Å². The lowest BCUT2D eigenvalue weighted by Crippen LogP contribution is -2.58. The maximum atomic E-state index is 12.7. The fourth-order valence-electron chi connectivity index (χ4n) is 2.82. The molecule has 0 spiro atoms. The summed E-state index contributed by atoms with van der Waals surface area (Å²) in [4.78, 5) is 63.3. The van der Waals surface area contributed by atoms with E-state index in [0.717, 1.165) is 0 Å². The van der Waals surface area contributed by atoms with Crippen molar-refractivity contribution in [1.29, 1.82) is 0 Å². The summed E-state index contributed by atoms with van der Waals surface area (Å²) in [5.74, 6) is -5.53. The first kappa shape index (κ1) is 31.5. The number of amides is 3. The molecule has 0 aromatic carbocycles. The van der Waals surface area contributed by atoms with Crippen LogP contribution in [0.25, 0.3) is 0 Å². The Labute approximate surface area is 201 Å². The number of hydrogen-bond donors (Lipinski definition) is 10. The third-order valence-corrected chi connectivity index (χ3v) is 4.69. The fourth-order valence-corrected chi connectivity index (χ4v) is 2.82. The van der Waals surface area contributed by atoms with E-state index in [4.69, 9.17) is 28.0 Å². The van der Waals surface area contributed by atoms with E-state index < -0.39 is 66.9 Å². The van der Waals surface area contributed by atoms with Crippen LogP contribution in [-0.2, 0) is 24.0 Å². The third kappa shape index (κ3) is 13.7. The Hall–Kier alpha value is -3.50. The summed E-state index contributed by atoms with van der Waals surface area (Å²) in [6, 6.07) is -5.48. The van der Waals surface area contributed by atoms with Gasteiger partial charge in [-0.15, -0.1) is 0 Å². The van der Waals surface area contributed by atoms with Crippen molar-refractivity contribution in [2.75, 3.05) is 19.7 Å². The molecule has 16 heteroatoms. The molecule has 0 heterocycles. The predicted octanol–water partition coefficient (Wildman–Crippen LogP) is -4.50. The zero-order chi connectivity index (χ0) is 27.0. The number of carbonyl (C=O) groups is 5. The maximum Gasteiger partial charge on any atom is 0.326 e. The summed E-state index contributed by atoms with van der Waals surface area (Å²) >= 11 is 0. The van der Waals surface area contributed by atoms with Gasteiger partial charge >= 0.3 is 11.9 Å². The SMILES string of the molecule is NCCCCC(NC(=O)C(N)CC(=O)O)C(=O)NC(CO)C(=O)NC(CCCN=C(N)N)C(=O)O. The molecule has 0 rings (SSSR count). The number of hydrogen-bond acceptors (Lipinski definition) is 9. The lowest BCUT2D eigenvalue weighted by Gasteiger charge is -2.24. The number of aliphatic imine (C=N–C) groups is 1. The van der Waals surface area contributed by atoms with Crippen molar-refractivity contribution in [3.8, 4) is 0 Å². The minimum atomic E-state index is -1.52. The van der Waals surface area contributed by atoms with Gasteiger partial charge in [-0.1, -0.05) is 0 Å². The monoisotopic (exact) mass is 504 g/mol. The standard InChI is InChI=1S/C19H36N8O8/c20-6-2-1-4-11(25-15(31)10(21)8-14(29)30)16(32)27-13(9-28)17(33)26-12(18(34)35)5-3-7-24-19(22)23/h10-13,28H,1-9,20-21H2,(H,25,31)(H,26,33)(H,27,32)(H,29,30)(H,34,35)(H4,22,23,24). The Balaban J connectivity index is 5.22. The van der Waals surface area contributed by atoms with Gasteiger partial charge in [0.2, 0.25) is 17.7 Å². The van der Waals surface area contributed by atoms with E-state index in [1.165, 1.54) is 0 Å². The first-order valence-corrected chi connectivity index (χ1v) is 10.9. The number of aliphatic hydroxyl groups excluding tert-OH is 1. The van der Waals surface area contributed by atoms with Gasteiger partial charge in [0, 0.05) is 6.54 Å². The third-order valence-electron chi connectivity index (χ3n) is 4.69. The smallest absolute Gasteiger partial charge is 0.326 e. The van der Waals surface area contributed by atoms with Gasteiger partial charge in [-0.05, 0) is 38.6 Å². The van der Waals surface area contributed by atoms with Gasteiger partial charge in [0.15, 0.2) is 5.96 Å². The van der Waals surface area contributed by atoms with Crippen molar-refractivity contribution < 1.29 is 39.3 Å². The normalized spacial score (nSPS) is 14.0. The van der Waals surface area contributed by atoms with Crippen molar-refractivity contribution in [2.24, 2.45) is 27.9 Å². The Bertz CT molecular complexity index is 759. The van der Waals surface area contributed by atoms with Crippen LogP contribution in [0.3, 0.4) is 0 Å². The number of nitrogens with two attached hydrogens (primary N) is 4. The van der Waals surface area contributed by atoms with Gasteiger partial charge in [-0.25, -0.2) is 4.79 Å². The Kier molecular flexibility index (Phi) is 15.3. The van der Waals surface area contributed by atoms with E-state index in [1.807, 2.05) is 0 Å². The predicted molar refractivity (Wildman–Crippen MR) is 124 cm³/mol. The number of nitrogens with one attached hydrogen (secondary N) is 3. The van der Waals surface area contributed by atoms with Gasteiger partial charge < -0.3 is 54.2 Å². The highest BCUT2D eigenvalue weighted by Gasteiger charge is 2.30. The van der Waals surface area contributed by atoms with Gasteiger partial charge in [0.1, 0.15) is 18.1 Å². The van der Waals surface area contributed by atoms with Crippen molar-refractivity contribution in [3.63, 3.8) is 0 Å². The van der Waals surface area contributed by atoms with Crippen LogP contribution in [0, 0.1) is 0 Å². The van der Waals surface area contributed by atoms with Crippen LogP contribution in [-0.4, -0.2) is 94.8 Å². The lowest BCUT2D eigenvalue weighted by molar-refractivity contribution is -0.142. The van der Waals surface area contributed by atoms with Crippen LogP contribution in [0.2, 0.25) is 0 Å². The van der Waals surface area contributed by atoms with Crippen LogP contribution >= 0.6 is 0 Å². The van der Waals surface area contributed by atoms with Gasteiger partial charge in [0.05, 0.1) is 19.1 Å². The average Bonchev–Trinajstić information content (AvgIpc) is 2.77. The molecule has 200 valence electrons. The molecular formula is C19H36N8O8. The van der Waals surface area contributed by atoms with Gasteiger partial charge in [0.25, 0.3) is 0 Å². The highest BCUT2D eigenvalue weighted by atomic mass is 16.4. The van der Waals surface area contributed by atoms with Crippen molar-refractivity contribution >= 4 is 35.6 Å². The number of carboxylic acid groups (broad SMARTS) is 2. The van der Waals surface area contributed by atoms with Crippen molar-refractivity contribution in [2.45, 2.75) is 62.7 Å². The second kappa shape index (κ2) is 17.0. The summed E-state index contributed by atoms with van der Waals surface area (Å²) in [6.07, 6.45) is 0.572. The van der Waals surface area contributed by atoms with Crippen molar-refractivity contribution in [3.05, 3.63) is 0 Å². The molecular weight excluding hydrogens is 468 g/mol. The number of carboxylic acids is 2. The first-order valence-electron chi connectivity index (χ1n) is 10.9. The molecule has 0 saturated carbocycles. The molecule has 4 atom stereocenters. The summed E-state index contributed by atoms with van der Waals surface area (Å²) in [5, 5.41) is 34.5. The number of unbranched alkanes of at least 4 members (excludes halogenated alkanes) is 1. The minimum absolute atomic E-state index is 0.0246. The molecule has 0 aromatic rings. The summed E-state index contributed by atoms with van der Waals surface area (Å²) in [7, 11) is 0. The summed E-state index contributed by atoms with van der Waals surface area (Å²) < 4.78 is 0. The van der Waals surface area contributed by atoms with Gasteiger partial charge in [-0.2, -0.15) is 0 Å². The maximum absolute atomic E-state index is 12.7. The molecule has 0 aromatic heterocycles. The second-order valence-electron chi connectivity index (χ2n) is 7.64. The molecule has 35 heavy (non-hydrogen) atoms. The molecule has 16 nitrogen and oxygen atoms in total. The largest absolute Gasteiger partial charge is 0.481 e. The molecule has 0 aliphatic heterocycles. The van der Waals surface area contributed by atoms with Gasteiger partial charge in [-0.3, -0.25) is 24.2 Å². The molecule has 0 fully saturated rings. The number of carbonyl (C=O) groups excluding carboxylic acids is 3. The zero-order valence-corrected chi connectivity index (χ0v) is 19.3. The molecule has 0 saturated heterocycles. The number of guanidine groups is 1. The van der Waals surface area contributed by atoms with E-state index in [-0.39, 0.29) is 31.8 Å². The molecule has 0 radical (unpaired) electrons. The number of nitrogens with zero attached hydrogens (tertiary/aromatic N) is 1. The Morgan fingerprint density at radius 2 is 1.34 bits per heavy atom. The van der Waals surface area contributed by atoms with Crippen molar-refractivity contribution in [1.82, 2.24) is 16.0 Å². The molecule has 4 unspecified atom stereocenters. The Morgan fingerprint density at radius 1 is 0.800 bits per heavy atom. The quantitative estimate of drug-likeness (QED) is 0.0480. The number of rotatable bonds is 18. The molecule has 14 N–H and O–H groups in total. The Morgan fingerprint density at radius 3 is 1.86 bits per heavy atom. The summed E-state index contributed by atoms with van der Waals surface area (Å²) in [6.45, 7) is -0.404. The molecule has 0 aliphatic rings. The first-order chi connectivity index (χ1) is 16.4. The second-order valence-corrected chi connectivity index (χ2v) is 7.64. The van der Waals surface area contributed by atoms with E-state index in [0.29, 0.717) is 19.4 Å². The lowest BCUT2D eigenvalue weighted by atomic mass is 10.1. The van der Waals surface area contributed by atoms with Crippen LogP contribution < -0.4 is 38.9 Å².